The van der Waals surface area contributed by atoms with Gasteiger partial charge in [0.1, 0.15) is 18.8 Å². The molecule has 0 aliphatic rings. The molecule has 1 amide bonds. The molecule has 2 rings (SSSR count). The lowest BCUT2D eigenvalue weighted by Gasteiger charge is -2.18. The molecule has 0 radical (unpaired) electrons. The molecule has 0 spiro atoms. The summed E-state index contributed by atoms with van der Waals surface area (Å²) in [4.78, 5) is 16.0. The van der Waals surface area contributed by atoms with Gasteiger partial charge in [-0.15, -0.1) is 0 Å². The van der Waals surface area contributed by atoms with Crippen LogP contribution in [0.1, 0.15) is 23.9 Å². The Hall–Kier alpha value is -2.42. The molecular formula is C15H17F3N4O2. The summed E-state index contributed by atoms with van der Waals surface area (Å²) in [5, 5.41) is 9.26. The number of nitrogens with zero attached hydrogens (tertiary/aromatic N) is 2. The van der Waals surface area contributed by atoms with Crippen LogP contribution in [0.4, 0.5) is 13.2 Å². The number of carbonyl (C=O) groups is 1. The van der Waals surface area contributed by atoms with E-state index in [0.717, 1.165) is 5.56 Å². The fourth-order valence-electron chi connectivity index (χ4n) is 2.08. The van der Waals surface area contributed by atoms with Gasteiger partial charge in [0.25, 0.3) is 0 Å². The minimum absolute atomic E-state index is 0.157. The van der Waals surface area contributed by atoms with Crippen LogP contribution in [0.25, 0.3) is 0 Å². The number of nitrogens with one attached hydrogen (secondary N) is 2. The first-order chi connectivity index (χ1) is 11.4. The number of ether oxygens (including phenoxy) is 1. The van der Waals surface area contributed by atoms with E-state index in [1.807, 2.05) is 30.3 Å². The number of halogens is 3. The molecule has 0 unspecified atom stereocenters. The minimum atomic E-state index is -4.39. The molecule has 0 aliphatic carbocycles. The Kier molecular flexibility index (Phi) is 6.30. The lowest BCUT2D eigenvalue weighted by atomic mass is 10.0. The van der Waals surface area contributed by atoms with Gasteiger partial charge >= 0.3 is 6.18 Å². The predicted octanol–water partition coefficient (Wildman–Crippen LogP) is 2.17. The number of benzene rings is 1. The zero-order chi connectivity index (χ0) is 17.4. The zero-order valence-electron chi connectivity index (χ0n) is 12.7. The summed E-state index contributed by atoms with van der Waals surface area (Å²) in [5.41, 5.74) is 0.860. The van der Waals surface area contributed by atoms with E-state index in [1.165, 1.54) is 6.33 Å². The van der Waals surface area contributed by atoms with Crippen LogP contribution < -0.4 is 5.32 Å². The van der Waals surface area contributed by atoms with Crippen molar-refractivity contribution in [1.82, 2.24) is 20.5 Å². The van der Waals surface area contributed by atoms with Gasteiger partial charge in [0, 0.05) is 12.8 Å². The summed E-state index contributed by atoms with van der Waals surface area (Å²) < 4.78 is 40.4. The average Bonchev–Trinajstić information content (AvgIpc) is 3.04. The first-order valence-corrected chi connectivity index (χ1v) is 7.27. The predicted molar refractivity (Wildman–Crippen MR) is 78.9 cm³/mol. The summed E-state index contributed by atoms with van der Waals surface area (Å²) in [7, 11) is 0. The van der Waals surface area contributed by atoms with Gasteiger partial charge in [-0.3, -0.25) is 9.89 Å². The molecule has 1 heterocycles. The first-order valence-electron chi connectivity index (χ1n) is 7.27. The van der Waals surface area contributed by atoms with Crippen molar-refractivity contribution in [3.05, 3.63) is 48.0 Å². The highest BCUT2D eigenvalue weighted by atomic mass is 19.4. The molecule has 0 saturated heterocycles. The van der Waals surface area contributed by atoms with E-state index in [1.54, 1.807) is 0 Å². The van der Waals surface area contributed by atoms with Crippen molar-refractivity contribution in [2.75, 3.05) is 13.2 Å². The Morgan fingerprint density at radius 2 is 2.04 bits per heavy atom. The normalized spacial score (nSPS) is 12.8. The lowest BCUT2D eigenvalue weighted by molar-refractivity contribution is -0.174. The van der Waals surface area contributed by atoms with Crippen LogP contribution in [-0.2, 0) is 16.0 Å². The average molecular weight is 342 g/mol. The Morgan fingerprint density at radius 3 is 2.67 bits per heavy atom. The summed E-state index contributed by atoms with van der Waals surface area (Å²) in [6.45, 7) is -1.66. The maximum Gasteiger partial charge on any atom is 0.411 e. The number of carbonyl (C=O) groups excluding carboxylic acids is 1. The van der Waals surface area contributed by atoms with Gasteiger partial charge in [0.2, 0.25) is 5.91 Å². The molecule has 0 saturated carbocycles. The van der Waals surface area contributed by atoms with Gasteiger partial charge in [-0.25, -0.2) is 4.98 Å². The third-order valence-electron chi connectivity index (χ3n) is 3.14. The second kappa shape index (κ2) is 8.44. The third-order valence-corrected chi connectivity index (χ3v) is 3.14. The number of hydrogen-bond acceptors (Lipinski definition) is 4. The summed E-state index contributed by atoms with van der Waals surface area (Å²) in [6.07, 6.45) is -2.80. The maximum atomic E-state index is 12.0. The highest BCUT2D eigenvalue weighted by Crippen LogP contribution is 2.17. The van der Waals surface area contributed by atoms with Gasteiger partial charge in [0.15, 0.2) is 0 Å². The highest BCUT2D eigenvalue weighted by Gasteiger charge is 2.27. The van der Waals surface area contributed by atoms with Crippen molar-refractivity contribution in [1.29, 1.82) is 0 Å². The van der Waals surface area contributed by atoms with Crippen molar-refractivity contribution in [2.45, 2.75) is 25.1 Å². The topological polar surface area (TPSA) is 79.9 Å². The fourth-order valence-corrected chi connectivity index (χ4v) is 2.08. The molecule has 2 aromatic rings. The van der Waals surface area contributed by atoms with Crippen molar-refractivity contribution in [2.24, 2.45) is 0 Å². The van der Waals surface area contributed by atoms with E-state index in [4.69, 9.17) is 0 Å². The number of hydrogen-bond donors (Lipinski definition) is 2. The molecule has 1 atom stereocenters. The molecule has 1 aromatic carbocycles. The Labute approximate surface area is 136 Å². The van der Waals surface area contributed by atoms with Crippen LogP contribution in [-0.4, -0.2) is 40.5 Å². The molecule has 0 bridgehead atoms. The number of amides is 1. The molecular weight excluding hydrogens is 325 g/mol. The largest absolute Gasteiger partial charge is 0.411 e. The summed E-state index contributed by atoms with van der Waals surface area (Å²) >= 11 is 0. The van der Waals surface area contributed by atoms with E-state index >= 15 is 0 Å². The van der Waals surface area contributed by atoms with Gasteiger partial charge in [-0.05, 0) is 5.56 Å². The fraction of sp³-hybridized carbons (Fsp3) is 0.400. The van der Waals surface area contributed by atoms with Crippen molar-refractivity contribution < 1.29 is 22.7 Å². The second-order valence-electron chi connectivity index (χ2n) is 5.08. The lowest BCUT2D eigenvalue weighted by Crippen LogP contribution is -2.31. The van der Waals surface area contributed by atoms with E-state index < -0.39 is 18.7 Å². The summed E-state index contributed by atoms with van der Waals surface area (Å²) in [5.74, 6) is 0.197. The molecule has 130 valence electrons. The van der Waals surface area contributed by atoms with Crippen LogP contribution in [0.15, 0.2) is 36.7 Å². The molecule has 9 heteroatoms. The van der Waals surface area contributed by atoms with Gasteiger partial charge in [0.05, 0.1) is 12.6 Å². The highest BCUT2D eigenvalue weighted by molar-refractivity contribution is 5.76. The van der Waals surface area contributed by atoms with E-state index in [-0.39, 0.29) is 19.1 Å². The first kappa shape index (κ1) is 17.9. The second-order valence-corrected chi connectivity index (χ2v) is 5.08. The molecule has 1 aromatic heterocycles. The van der Waals surface area contributed by atoms with Crippen LogP contribution in [0, 0.1) is 0 Å². The Morgan fingerprint density at radius 1 is 1.29 bits per heavy atom. The monoisotopic (exact) mass is 342 g/mol. The molecule has 24 heavy (non-hydrogen) atoms. The summed E-state index contributed by atoms with van der Waals surface area (Å²) in [6, 6.07) is 8.85. The third kappa shape index (κ3) is 6.37. The number of aromatic nitrogens is 3. The quantitative estimate of drug-likeness (QED) is 0.721. The number of alkyl halides is 3. The number of rotatable bonds is 8. The standard InChI is InChI=1S/C15H17F3N4O2/c16-15(17,18)9-24-7-6-14(23)21-12(8-13-19-10-20-22-13)11-4-2-1-3-5-11/h1-5,10,12H,6-9H2,(H,21,23)(H,19,20,22)/t12-/m0/s1. The maximum absolute atomic E-state index is 12.0. The number of H-pyrrole nitrogens is 1. The molecule has 2 N–H and O–H groups in total. The van der Waals surface area contributed by atoms with Gasteiger partial charge < -0.3 is 10.1 Å². The van der Waals surface area contributed by atoms with Crippen LogP contribution in [0.3, 0.4) is 0 Å². The van der Waals surface area contributed by atoms with Crippen molar-refractivity contribution in [3.8, 4) is 0 Å². The van der Waals surface area contributed by atoms with Crippen molar-refractivity contribution in [3.63, 3.8) is 0 Å². The van der Waals surface area contributed by atoms with Gasteiger partial charge in [-0.1, -0.05) is 30.3 Å². The van der Waals surface area contributed by atoms with Crippen LogP contribution >= 0.6 is 0 Å². The minimum Gasteiger partial charge on any atom is -0.372 e. The smallest absolute Gasteiger partial charge is 0.372 e. The SMILES string of the molecule is O=C(CCOCC(F)(F)F)N[C@@H](Cc1ncn[nH]1)c1ccccc1. The van der Waals surface area contributed by atoms with E-state index in [2.05, 4.69) is 25.2 Å². The Bertz CT molecular complexity index is 617. The van der Waals surface area contributed by atoms with Crippen molar-refractivity contribution >= 4 is 5.91 Å². The Balaban J connectivity index is 1.89. The molecule has 6 nitrogen and oxygen atoms in total. The van der Waals surface area contributed by atoms with E-state index in [9.17, 15) is 18.0 Å². The molecule has 0 fully saturated rings. The molecule has 0 aliphatic heterocycles. The number of aromatic amines is 1. The zero-order valence-corrected chi connectivity index (χ0v) is 12.7. The van der Waals surface area contributed by atoms with Gasteiger partial charge in [-0.2, -0.15) is 18.3 Å². The van der Waals surface area contributed by atoms with E-state index in [0.29, 0.717) is 12.2 Å². The van der Waals surface area contributed by atoms with Crippen LogP contribution in [0.5, 0.6) is 0 Å². The van der Waals surface area contributed by atoms with Crippen LogP contribution in [0.2, 0.25) is 0 Å².